The van der Waals surface area contributed by atoms with Crippen LogP contribution in [0.25, 0.3) is 22.3 Å². The fourth-order valence-electron chi connectivity index (χ4n) is 3.70. The van der Waals surface area contributed by atoms with Crippen molar-refractivity contribution in [2.45, 2.75) is 12.6 Å². The van der Waals surface area contributed by atoms with Gasteiger partial charge in [0.25, 0.3) is 5.56 Å². The van der Waals surface area contributed by atoms with Crippen molar-refractivity contribution >= 4 is 10.9 Å². The highest BCUT2D eigenvalue weighted by molar-refractivity contribution is 5.82. The van der Waals surface area contributed by atoms with E-state index in [0.29, 0.717) is 17.9 Å². The summed E-state index contributed by atoms with van der Waals surface area (Å²) >= 11 is 0. The molecule has 3 heterocycles. The molecular formula is C23H19N5O. The molecule has 0 aliphatic rings. The van der Waals surface area contributed by atoms with Crippen LogP contribution in [0.2, 0.25) is 0 Å². The topological polar surface area (TPSA) is 68.5 Å². The highest BCUT2D eigenvalue weighted by atomic mass is 16.1. The van der Waals surface area contributed by atoms with Crippen LogP contribution in [0.3, 0.4) is 0 Å². The summed E-state index contributed by atoms with van der Waals surface area (Å²) in [7, 11) is 0. The predicted molar refractivity (Wildman–Crippen MR) is 113 cm³/mol. The van der Waals surface area contributed by atoms with Crippen LogP contribution in [-0.4, -0.2) is 24.3 Å². The molecule has 0 spiro atoms. The first kappa shape index (κ1) is 17.2. The molecule has 1 N–H and O–H groups in total. The first-order valence-corrected chi connectivity index (χ1v) is 9.47. The van der Waals surface area contributed by atoms with E-state index in [1.54, 1.807) is 12.4 Å². The number of aromatic amines is 1. The quantitative estimate of drug-likeness (QED) is 0.502. The number of para-hydroxylation sites is 1. The highest BCUT2D eigenvalue weighted by Gasteiger charge is 2.20. The van der Waals surface area contributed by atoms with E-state index >= 15 is 0 Å². The number of H-pyrrole nitrogens is 1. The van der Waals surface area contributed by atoms with Gasteiger partial charge in [-0.05, 0) is 29.1 Å². The monoisotopic (exact) mass is 381 g/mol. The molecule has 0 bridgehead atoms. The normalized spacial score (nSPS) is 12.3. The Hall–Kier alpha value is -3.93. The zero-order valence-corrected chi connectivity index (χ0v) is 15.6. The maximum Gasteiger partial charge on any atom is 0.259 e. The minimum absolute atomic E-state index is 0.0560. The van der Waals surface area contributed by atoms with Crippen molar-refractivity contribution in [2.75, 3.05) is 0 Å². The maximum atomic E-state index is 12.8. The lowest BCUT2D eigenvalue weighted by Gasteiger charge is -2.21. The van der Waals surface area contributed by atoms with Crippen LogP contribution in [-0.2, 0) is 6.54 Å². The number of aromatic nitrogens is 5. The molecule has 0 fully saturated rings. The van der Waals surface area contributed by atoms with E-state index in [-0.39, 0.29) is 11.6 Å². The average Bonchev–Trinajstić information content (AvgIpc) is 3.44. The summed E-state index contributed by atoms with van der Waals surface area (Å²) in [5.74, 6) is 0.637. The van der Waals surface area contributed by atoms with Gasteiger partial charge in [0.15, 0.2) is 0 Å². The second-order valence-corrected chi connectivity index (χ2v) is 6.91. The Morgan fingerprint density at radius 3 is 2.59 bits per heavy atom. The molecule has 29 heavy (non-hydrogen) atoms. The first-order chi connectivity index (χ1) is 14.3. The Balaban J connectivity index is 1.66. The van der Waals surface area contributed by atoms with Crippen molar-refractivity contribution < 1.29 is 0 Å². The van der Waals surface area contributed by atoms with Gasteiger partial charge in [0.05, 0.1) is 18.2 Å². The molecule has 0 amide bonds. The van der Waals surface area contributed by atoms with Gasteiger partial charge < -0.3 is 9.55 Å². The lowest BCUT2D eigenvalue weighted by molar-refractivity contribution is 0.465. The van der Waals surface area contributed by atoms with Crippen LogP contribution in [0.4, 0.5) is 0 Å². The number of fused-ring (bicyclic) bond motifs is 1. The van der Waals surface area contributed by atoms with Gasteiger partial charge in [-0.25, -0.2) is 4.98 Å². The van der Waals surface area contributed by atoms with Crippen LogP contribution in [0.5, 0.6) is 0 Å². The third-order valence-electron chi connectivity index (χ3n) is 5.10. The van der Waals surface area contributed by atoms with E-state index in [4.69, 9.17) is 0 Å². The number of nitrogens with zero attached hydrogens (tertiary/aromatic N) is 4. The van der Waals surface area contributed by atoms with E-state index in [1.807, 2.05) is 71.7 Å². The molecule has 2 aromatic carbocycles. The Bertz CT molecular complexity index is 1300. The van der Waals surface area contributed by atoms with Gasteiger partial charge in [0.1, 0.15) is 5.82 Å². The Morgan fingerprint density at radius 1 is 0.931 bits per heavy atom. The minimum atomic E-state index is -0.151. The molecule has 1 atom stereocenters. The van der Waals surface area contributed by atoms with Crippen molar-refractivity contribution in [2.24, 2.45) is 0 Å². The highest BCUT2D eigenvalue weighted by Crippen LogP contribution is 2.26. The summed E-state index contributed by atoms with van der Waals surface area (Å²) < 4.78 is 3.95. The van der Waals surface area contributed by atoms with Gasteiger partial charge in [-0.1, -0.05) is 48.5 Å². The lowest BCUT2D eigenvalue weighted by Crippen LogP contribution is -2.20. The van der Waals surface area contributed by atoms with Gasteiger partial charge in [0, 0.05) is 30.3 Å². The van der Waals surface area contributed by atoms with Crippen LogP contribution in [0, 0.1) is 0 Å². The van der Waals surface area contributed by atoms with Gasteiger partial charge >= 0.3 is 0 Å². The molecule has 3 aromatic heterocycles. The van der Waals surface area contributed by atoms with Crippen molar-refractivity contribution in [1.29, 1.82) is 0 Å². The molecular weight excluding hydrogens is 362 g/mol. The molecule has 0 saturated heterocycles. The summed E-state index contributed by atoms with van der Waals surface area (Å²) in [4.78, 5) is 20.3. The molecule has 0 aliphatic heterocycles. The van der Waals surface area contributed by atoms with E-state index < -0.39 is 0 Å². The largest absolute Gasteiger partial charge is 0.321 e. The van der Waals surface area contributed by atoms with Gasteiger partial charge in [0.2, 0.25) is 0 Å². The predicted octanol–water partition coefficient (Wildman–Crippen LogP) is 3.88. The van der Waals surface area contributed by atoms with Gasteiger partial charge in [-0.2, -0.15) is 5.10 Å². The number of benzene rings is 2. The molecule has 0 radical (unpaired) electrons. The van der Waals surface area contributed by atoms with E-state index in [9.17, 15) is 4.79 Å². The third kappa shape index (κ3) is 3.25. The fourth-order valence-corrected chi connectivity index (χ4v) is 3.70. The Morgan fingerprint density at radius 2 is 1.76 bits per heavy atom. The fraction of sp³-hybridized carbons (Fsp3) is 0.0870. The number of imidazole rings is 1. The number of pyridine rings is 1. The molecule has 5 aromatic rings. The van der Waals surface area contributed by atoms with Crippen LogP contribution < -0.4 is 5.56 Å². The standard InChI is InChI=1S/C23H19N5O/c29-23-19(15-18-9-4-5-10-20(18)26-23)22-24-12-14-28(22)21(16-27-13-6-11-25-27)17-7-2-1-3-8-17/h1-15,21H,16H2,(H,26,29)/t21-/m1/s1. The Labute approximate surface area is 167 Å². The molecule has 6 nitrogen and oxygen atoms in total. The Kier molecular flexibility index (Phi) is 4.29. The van der Waals surface area contributed by atoms with Crippen LogP contribution in [0.15, 0.2) is 96.3 Å². The lowest BCUT2D eigenvalue weighted by atomic mass is 10.1. The van der Waals surface area contributed by atoms with Crippen molar-refractivity contribution in [3.63, 3.8) is 0 Å². The molecule has 0 unspecified atom stereocenters. The van der Waals surface area contributed by atoms with E-state index in [0.717, 1.165) is 16.5 Å². The number of rotatable bonds is 5. The molecule has 0 aliphatic carbocycles. The SMILES string of the molecule is O=c1[nH]c2ccccc2cc1-c1nccn1[C@H](Cn1cccn1)c1ccccc1. The third-order valence-corrected chi connectivity index (χ3v) is 5.10. The minimum Gasteiger partial charge on any atom is -0.321 e. The van der Waals surface area contributed by atoms with Crippen LogP contribution in [0.1, 0.15) is 11.6 Å². The van der Waals surface area contributed by atoms with Crippen molar-refractivity contribution in [3.05, 3.63) is 107 Å². The molecule has 6 heteroatoms. The second-order valence-electron chi connectivity index (χ2n) is 6.91. The zero-order valence-electron chi connectivity index (χ0n) is 15.6. The van der Waals surface area contributed by atoms with Crippen molar-refractivity contribution in [1.82, 2.24) is 24.3 Å². The summed E-state index contributed by atoms with van der Waals surface area (Å²) in [6.45, 7) is 0.631. The molecule has 0 saturated carbocycles. The van der Waals surface area contributed by atoms with E-state index in [1.165, 1.54) is 0 Å². The summed E-state index contributed by atoms with van der Waals surface area (Å²) in [5.41, 5.74) is 2.34. The summed E-state index contributed by atoms with van der Waals surface area (Å²) in [6, 6.07) is 21.7. The average molecular weight is 381 g/mol. The summed E-state index contributed by atoms with van der Waals surface area (Å²) in [5, 5.41) is 5.34. The van der Waals surface area contributed by atoms with Crippen LogP contribution >= 0.6 is 0 Å². The van der Waals surface area contributed by atoms with Gasteiger partial charge in [-0.15, -0.1) is 0 Å². The zero-order chi connectivity index (χ0) is 19.6. The smallest absolute Gasteiger partial charge is 0.259 e. The maximum absolute atomic E-state index is 12.8. The van der Waals surface area contributed by atoms with Gasteiger partial charge in [-0.3, -0.25) is 9.48 Å². The molecule has 5 rings (SSSR count). The second kappa shape index (κ2) is 7.24. The summed E-state index contributed by atoms with van der Waals surface area (Å²) in [6.07, 6.45) is 7.37. The first-order valence-electron chi connectivity index (χ1n) is 9.47. The van der Waals surface area contributed by atoms with Crippen molar-refractivity contribution in [3.8, 4) is 11.4 Å². The number of hydrogen-bond donors (Lipinski definition) is 1. The number of hydrogen-bond acceptors (Lipinski definition) is 3. The van der Waals surface area contributed by atoms with E-state index in [2.05, 4.69) is 31.8 Å². The number of nitrogens with one attached hydrogen (secondary N) is 1. The molecule has 142 valence electrons.